The topological polar surface area (TPSA) is 48.4 Å². The van der Waals surface area contributed by atoms with Crippen LogP contribution in [-0.2, 0) is 22.3 Å². The molecule has 0 amide bonds. The summed E-state index contributed by atoms with van der Waals surface area (Å²) in [5.74, 6) is 0.219. The smallest absolute Gasteiger partial charge is 0.340 e. The molecule has 4 heteroatoms. The molecule has 1 heterocycles. The van der Waals surface area contributed by atoms with E-state index < -0.39 is 0 Å². The Hall–Kier alpha value is -1.42. The van der Waals surface area contributed by atoms with Crippen molar-refractivity contribution in [1.82, 2.24) is 4.98 Å². The van der Waals surface area contributed by atoms with Gasteiger partial charge in [-0.05, 0) is 68.4 Å². The van der Waals surface area contributed by atoms with Crippen LogP contribution in [0, 0.1) is 5.41 Å². The van der Waals surface area contributed by atoms with Crippen molar-refractivity contribution < 1.29 is 14.3 Å². The van der Waals surface area contributed by atoms with Crippen molar-refractivity contribution >= 4 is 5.97 Å². The summed E-state index contributed by atoms with van der Waals surface area (Å²) in [5.41, 5.74) is 5.48. The van der Waals surface area contributed by atoms with Crippen LogP contribution in [0.15, 0.2) is 0 Å². The quantitative estimate of drug-likeness (QED) is 0.637. The molecule has 0 bridgehead atoms. The predicted octanol–water partition coefficient (Wildman–Crippen LogP) is 5.53. The summed E-state index contributed by atoms with van der Waals surface area (Å²) in [7, 11) is 1.69. The Morgan fingerprint density at radius 3 is 2.59 bits per heavy atom. The van der Waals surface area contributed by atoms with Crippen molar-refractivity contribution in [3.8, 4) is 0 Å². The van der Waals surface area contributed by atoms with Crippen LogP contribution in [0.25, 0.3) is 0 Å². The van der Waals surface area contributed by atoms with Crippen molar-refractivity contribution in [2.45, 2.75) is 91.1 Å². The highest BCUT2D eigenvalue weighted by Crippen LogP contribution is 2.44. The van der Waals surface area contributed by atoms with Crippen molar-refractivity contribution in [3.05, 3.63) is 28.1 Å². The van der Waals surface area contributed by atoms with Gasteiger partial charge in [0.2, 0.25) is 0 Å². The summed E-state index contributed by atoms with van der Waals surface area (Å²) in [6.07, 6.45) is 9.00. The first-order valence-corrected chi connectivity index (χ1v) is 10.6. The Morgan fingerprint density at radius 2 is 1.96 bits per heavy atom. The van der Waals surface area contributed by atoms with Gasteiger partial charge in [0.15, 0.2) is 0 Å². The molecule has 1 aromatic heterocycles. The lowest BCUT2D eigenvalue weighted by molar-refractivity contribution is 0.0509. The van der Waals surface area contributed by atoms with E-state index in [9.17, 15) is 4.79 Å². The van der Waals surface area contributed by atoms with E-state index in [0.29, 0.717) is 18.1 Å². The molecule has 1 unspecified atom stereocenters. The van der Waals surface area contributed by atoms with Gasteiger partial charge >= 0.3 is 5.97 Å². The number of pyridine rings is 1. The fourth-order valence-electron chi connectivity index (χ4n) is 4.81. The molecular formula is C23H35NO3. The average Bonchev–Trinajstić information content (AvgIpc) is 2.65. The van der Waals surface area contributed by atoms with Crippen LogP contribution in [0.5, 0.6) is 0 Å². The largest absolute Gasteiger partial charge is 0.462 e. The highest BCUT2D eigenvalue weighted by Gasteiger charge is 2.36. The lowest BCUT2D eigenvalue weighted by Gasteiger charge is -2.36. The lowest BCUT2D eigenvalue weighted by atomic mass is 9.71. The van der Waals surface area contributed by atoms with Crippen molar-refractivity contribution in [3.63, 3.8) is 0 Å². The van der Waals surface area contributed by atoms with Gasteiger partial charge in [0, 0.05) is 12.8 Å². The van der Waals surface area contributed by atoms with Gasteiger partial charge in [0.25, 0.3) is 0 Å². The van der Waals surface area contributed by atoms with E-state index in [1.54, 1.807) is 7.11 Å². The van der Waals surface area contributed by atoms with Crippen molar-refractivity contribution in [1.29, 1.82) is 0 Å². The van der Waals surface area contributed by atoms with Gasteiger partial charge in [0.05, 0.1) is 24.0 Å². The molecule has 27 heavy (non-hydrogen) atoms. The van der Waals surface area contributed by atoms with Crippen LogP contribution in [-0.4, -0.2) is 24.7 Å². The number of aromatic nitrogens is 1. The zero-order valence-corrected chi connectivity index (χ0v) is 17.7. The maximum atomic E-state index is 13.0. The molecular weight excluding hydrogens is 338 g/mol. The minimum atomic E-state index is -0.225. The molecule has 1 aromatic rings. The number of fused-ring (bicyclic) bond motifs is 1. The minimum Gasteiger partial charge on any atom is -0.462 e. The van der Waals surface area contributed by atoms with Crippen LogP contribution in [0.4, 0.5) is 0 Å². The maximum Gasteiger partial charge on any atom is 0.340 e. The van der Waals surface area contributed by atoms with Crippen LogP contribution in [0.3, 0.4) is 0 Å². The molecule has 0 saturated heterocycles. The Labute approximate surface area is 164 Å². The van der Waals surface area contributed by atoms with Crippen molar-refractivity contribution in [2.24, 2.45) is 5.41 Å². The van der Waals surface area contributed by atoms with E-state index >= 15 is 0 Å². The number of methoxy groups -OCH3 is 1. The first kappa shape index (κ1) is 20.3. The summed E-state index contributed by atoms with van der Waals surface area (Å²) in [6.45, 7) is 8.86. The molecule has 2 aliphatic rings. The summed E-state index contributed by atoms with van der Waals surface area (Å²) < 4.78 is 11.1. The molecule has 3 rings (SSSR count). The van der Waals surface area contributed by atoms with Gasteiger partial charge in [-0.15, -0.1) is 0 Å². The highest BCUT2D eigenvalue weighted by molar-refractivity contribution is 5.93. The molecule has 0 aliphatic heterocycles. The number of esters is 1. The van der Waals surface area contributed by atoms with Crippen LogP contribution in [0.1, 0.15) is 111 Å². The Kier molecular flexibility index (Phi) is 6.25. The number of ether oxygens (including phenoxy) is 2. The number of rotatable bonds is 5. The second-order valence-electron chi connectivity index (χ2n) is 8.99. The van der Waals surface area contributed by atoms with Crippen LogP contribution in [0.2, 0.25) is 0 Å². The molecule has 0 spiro atoms. The van der Waals surface area contributed by atoms with E-state index in [0.717, 1.165) is 37.8 Å². The number of hydrogen-bond donors (Lipinski definition) is 0. The highest BCUT2D eigenvalue weighted by atomic mass is 16.5. The van der Waals surface area contributed by atoms with Gasteiger partial charge < -0.3 is 9.47 Å². The molecule has 1 fully saturated rings. The molecule has 1 saturated carbocycles. The van der Waals surface area contributed by atoms with E-state index in [1.807, 2.05) is 13.8 Å². The third-order valence-electron chi connectivity index (χ3n) is 6.38. The van der Waals surface area contributed by atoms with Crippen molar-refractivity contribution in [2.75, 3.05) is 13.7 Å². The number of carbonyl (C=O) groups is 1. The van der Waals surface area contributed by atoms with E-state index in [4.69, 9.17) is 14.5 Å². The fourth-order valence-corrected chi connectivity index (χ4v) is 4.81. The molecule has 0 N–H and O–H groups in total. The molecule has 1 atom stereocenters. The molecule has 4 nitrogen and oxygen atoms in total. The average molecular weight is 374 g/mol. The third kappa shape index (κ3) is 4.21. The van der Waals surface area contributed by atoms with Crippen LogP contribution < -0.4 is 0 Å². The first-order chi connectivity index (χ1) is 12.9. The summed E-state index contributed by atoms with van der Waals surface area (Å²) in [5, 5.41) is 0. The SMILES string of the molecule is CCOC(=O)c1c(C(C)OC)nc2c(c1C1CCCCC1)CCC(C)(C)C2. The molecule has 2 aliphatic carbocycles. The Bertz CT molecular complexity index is 689. The van der Waals surface area contributed by atoms with Gasteiger partial charge in [-0.25, -0.2) is 4.79 Å². The summed E-state index contributed by atoms with van der Waals surface area (Å²) >= 11 is 0. The standard InChI is InChI=1S/C23H35NO3/c1-6-27-22(25)20-19(16-10-8-7-9-11-16)17-12-13-23(3,4)14-18(17)24-21(20)15(2)26-5/h15-16H,6-14H2,1-5H3. The number of hydrogen-bond acceptors (Lipinski definition) is 4. The fraction of sp³-hybridized carbons (Fsp3) is 0.739. The maximum absolute atomic E-state index is 13.0. The monoisotopic (exact) mass is 373 g/mol. The zero-order chi connectivity index (χ0) is 19.6. The molecule has 150 valence electrons. The Morgan fingerprint density at radius 1 is 1.26 bits per heavy atom. The normalized spacial score (nSPS) is 20.8. The zero-order valence-electron chi connectivity index (χ0n) is 17.7. The molecule has 0 radical (unpaired) electrons. The van der Waals surface area contributed by atoms with Gasteiger partial charge in [-0.1, -0.05) is 33.1 Å². The van der Waals surface area contributed by atoms with Gasteiger partial charge in [0.1, 0.15) is 0 Å². The summed E-state index contributed by atoms with van der Waals surface area (Å²) in [4.78, 5) is 18.1. The number of nitrogens with zero attached hydrogens (tertiary/aromatic N) is 1. The number of carbonyl (C=O) groups excluding carboxylic acids is 1. The predicted molar refractivity (Wildman–Crippen MR) is 107 cm³/mol. The van der Waals surface area contributed by atoms with Gasteiger partial charge in [-0.2, -0.15) is 0 Å². The molecule has 0 aromatic carbocycles. The van der Waals surface area contributed by atoms with Crippen LogP contribution >= 0.6 is 0 Å². The first-order valence-electron chi connectivity index (χ1n) is 10.6. The van der Waals surface area contributed by atoms with E-state index in [1.165, 1.54) is 36.1 Å². The second-order valence-corrected chi connectivity index (χ2v) is 8.99. The second kappa shape index (κ2) is 8.30. The lowest BCUT2D eigenvalue weighted by Crippen LogP contribution is -2.29. The van der Waals surface area contributed by atoms with E-state index in [2.05, 4.69) is 13.8 Å². The third-order valence-corrected chi connectivity index (χ3v) is 6.38. The van der Waals surface area contributed by atoms with Gasteiger partial charge in [-0.3, -0.25) is 4.98 Å². The minimum absolute atomic E-state index is 0.220. The summed E-state index contributed by atoms with van der Waals surface area (Å²) in [6, 6.07) is 0. The Balaban J connectivity index is 2.22. The van der Waals surface area contributed by atoms with E-state index in [-0.39, 0.29) is 17.5 Å².